The van der Waals surface area contributed by atoms with Crippen LogP contribution in [0.25, 0.3) is 0 Å². The van der Waals surface area contributed by atoms with E-state index in [1.165, 1.54) is 25.7 Å². The fraction of sp³-hybridized carbons (Fsp3) is 0.697. The van der Waals surface area contributed by atoms with E-state index in [9.17, 15) is 19.2 Å². The average molecular weight is 692 g/mol. The predicted molar refractivity (Wildman–Crippen MR) is 179 cm³/mol. The van der Waals surface area contributed by atoms with Crippen molar-refractivity contribution in [3.63, 3.8) is 0 Å². The van der Waals surface area contributed by atoms with Crippen molar-refractivity contribution < 1.29 is 19.2 Å². The number of hydrazine groups is 2. The normalized spacial score (nSPS) is 32.0. The minimum atomic E-state index is -0.755. The number of alkyl halides is 2. The van der Waals surface area contributed by atoms with Crippen LogP contribution >= 0.6 is 23.2 Å². The molecule has 14 heteroatoms. The largest absolute Gasteiger partial charge is 0.340 e. The number of carbonyl (C=O) groups excluding carboxylic acids is 4. The number of rotatable bonds is 8. The van der Waals surface area contributed by atoms with E-state index in [1.807, 2.05) is 44.8 Å². The second-order valence-electron chi connectivity index (χ2n) is 14.1. The Balaban J connectivity index is 1.07. The maximum atomic E-state index is 13.3. The van der Waals surface area contributed by atoms with Crippen LogP contribution in [0, 0.1) is 18.8 Å². The maximum absolute atomic E-state index is 13.3. The van der Waals surface area contributed by atoms with Gasteiger partial charge in [-0.25, -0.2) is 10.4 Å². The van der Waals surface area contributed by atoms with Crippen LogP contribution in [-0.2, 0) is 32.3 Å². The second kappa shape index (κ2) is 15.0. The second-order valence-corrected chi connectivity index (χ2v) is 15.0. The lowest BCUT2D eigenvalue weighted by molar-refractivity contribution is -0.142. The standard InChI is InChI=1S/C33H48Cl2N8O4/c1-21-6-8-23(9-7-21)15-41-12-11-40(20-28(41)44)27-18-43(38-33(47)31(27)35)16-24-5-3-4-22(2)25(24)17-42-13-10-39(19-29(42)45)26-14-36-37-32(46)30(26)34/h3-5,21,23,26-27,30-31,36H,6-20H2,1-2H3,(H,37,46)(H,38,47). The lowest BCUT2D eigenvalue weighted by atomic mass is 9.82. The summed E-state index contributed by atoms with van der Waals surface area (Å²) in [4.78, 5) is 59.6. The summed E-state index contributed by atoms with van der Waals surface area (Å²) in [6.45, 7) is 9.98. The number of carbonyl (C=O) groups is 4. The van der Waals surface area contributed by atoms with Gasteiger partial charge in [-0.1, -0.05) is 38.0 Å². The molecule has 1 aromatic carbocycles. The van der Waals surface area contributed by atoms with Crippen LogP contribution in [0.1, 0.15) is 49.3 Å². The van der Waals surface area contributed by atoms with Gasteiger partial charge in [0.1, 0.15) is 10.8 Å². The van der Waals surface area contributed by atoms with Crippen molar-refractivity contribution in [3.8, 4) is 0 Å². The summed E-state index contributed by atoms with van der Waals surface area (Å²) in [5, 5.41) is 0.419. The Hall–Kier alpha value is -2.48. The van der Waals surface area contributed by atoms with E-state index >= 15 is 0 Å². The summed E-state index contributed by atoms with van der Waals surface area (Å²) in [5.41, 5.74) is 11.5. The third-order valence-electron chi connectivity index (χ3n) is 10.8. The molecule has 1 saturated carbocycles. The van der Waals surface area contributed by atoms with Gasteiger partial charge in [0, 0.05) is 64.9 Å². The zero-order chi connectivity index (χ0) is 33.2. The Kier molecular flexibility index (Phi) is 10.9. The summed E-state index contributed by atoms with van der Waals surface area (Å²) in [6.07, 6.45) is 4.86. The Morgan fingerprint density at radius 3 is 2.17 bits per heavy atom. The molecule has 5 fully saturated rings. The molecule has 0 bridgehead atoms. The first-order valence-electron chi connectivity index (χ1n) is 17.0. The van der Waals surface area contributed by atoms with Gasteiger partial charge in [-0.2, -0.15) is 0 Å². The Morgan fingerprint density at radius 2 is 1.47 bits per heavy atom. The molecule has 258 valence electrons. The van der Waals surface area contributed by atoms with E-state index in [4.69, 9.17) is 23.2 Å². The number of hydrogen-bond acceptors (Lipinski definition) is 8. The zero-order valence-electron chi connectivity index (χ0n) is 27.4. The first-order valence-corrected chi connectivity index (χ1v) is 17.9. The minimum Gasteiger partial charge on any atom is -0.340 e. The molecule has 4 unspecified atom stereocenters. The molecule has 1 aromatic rings. The van der Waals surface area contributed by atoms with Crippen LogP contribution in [0.2, 0.25) is 0 Å². The number of aryl methyl sites for hydroxylation is 1. The van der Waals surface area contributed by atoms with E-state index in [-0.39, 0.29) is 48.8 Å². The van der Waals surface area contributed by atoms with Gasteiger partial charge >= 0.3 is 0 Å². The van der Waals surface area contributed by atoms with E-state index < -0.39 is 10.8 Å². The SMILES string of the molecule is Cc1cccc(CN2CC(N3CCN(CC4CCC(C)CC4)C(=O)C3)C(Cl)C(=O)N2)c1CN1CCN(C2CNNC(=O)C2Cl)CC1=O. The minimum absolute atomic E-state index is 0.0153. The third kappa shape index (κ3) is 7.89. The highest BCUT2D eigenvalue weighted by atomic mass is 35.5. The van der Waals surface area contributed by atoms with Crippen molar-refractivity contribution in [1.29, 1.82) is 0 Å². The van der Waals surface area contributed by atoms with Gasteiger partial charge in [0.25, 0.3) is 11.8 Å². The molecule has 0 radical (unpaired) electrons. The van der Waals surface area contributed by atoms with Gasteiger partial charge in [0.15, 0.2) is 0 Å². The molecule has 4 saturated heterocycles. The molecule has 3 N–H and O–H groups in total. The summed E-state index contributed by atoms with van der Waals surface area (Å²) in [6, 6.07) is 5.52. The molecule has 47 heavy (non-hydrogen) atoms. The molecule has 5 aliphatic rings. The highest BCUT2D eigenvalue weighted by Crippen LogP contribution is 2.30. The van der Waals surface area contributed by atoms with Crippen molar-refractivity contribution in [2.45, 2.75) is 75.5 Å². The maximum Gasteiger partial charge on any atom is 0.254 e. The van der Waals surface area contributed by atoms with E-state index in [0.717, 1.165) is 29.2 Å². The van der Waals surface area contributed by atoms with Crippen molar-refractivity contribution in [2.24, 2.45) is 11.8 Å². The molecule has 1 aliphatic carbocycles. The number of benzene rings is 1. The number of halogens is 2. The Morgan fingerprint density at radius 1 is 0.809 bits per heavy atom. The van der Waals surface area contributed by atoms with Crippen molar-refractivity contribution in [3.05, 3.63) is 34.9 Å². The summed E-state index contributed by atoms with van der Waals surface area (Å²) in [5.74, 6) is 0.914. The Bertz CT molecular complexity index is 1340. The first kappa shape index (κ1) is 34.4. The average Bonchev–Trinajstić information content (AvgIpc) is 3.04. The zero-order valence-corrected chi connectivity index (χ0v) is 28.9. The number of piperazine rings is 2. The molecule has 4 amide bonds. The number of nitrogens with zero attached hydrogens (tertiary/aromatic N) is 5. The molecule has 6 rings (SSSR count). The summed E-state index contributed by atoms with van der Waals surface area (Å²) in [7, 11) is 0. The fourth-order valence-electron chi connectivity index (χ4n) is 7.80. The van der Waals surface area contributed by atoms with Crippen LogP contribution in [0.4, 0.5) is 0 Å². The van der Waals surface area contributed by atoms with E-state index in [1.54, 1.807) is 0 Å². The van der Waals surface area contributed by atoms with Gasteiger partial charge in [-0.15, -0.1) is 23.2 Å². The van der Waals surface area contributed by atoms with Gasteiger partial charge in [-0.05, 0) is 48.3 Å². The van der Waals surface area contributed by atoms with Crippen LogP contribution in [-0.4, -0.2) is 130 Å². The molecule has 4 heterocycles. The number of amides is 4. The fourth-order valence-corrected chi connectivity index (χ4v) is 8.39. The molecule has 4 aliphatic heterocycles. The van der Waals surface area contributed by atoms with Crippen LogP contribution in [0.5, 0.6) is 0 Å². The lowest BCUT2D eigenvalue weighted by Crippen LogP contribution is -2.66. The molecule has 0 spiro atoms. The number of nitrogens with one attached hydrogen (secondary N) is 3. The Labute approximate surface area is 287 Å². The first-order chi connectivity index (χ1) is 22.6. The van der Waals surface area contributed by atoms with Crippen molar-refractivity contribution in [1.82, 2.24) is 40.9 Å². The van der Waals surface area contributed by atoms with E-state index in [2.05, 4.69) is 28.1 Å². The number of hydrogen-bond donors (Lipinski definition) is 3. The van der Waals surface area contributed by atoms with Crippen molar-refractivity contribution >= 4 is 46.8 Å². The molecule has 0 aromatic heterocycles. The molecular formula is C33H48Cl2N8O4. The predicted octanol–water partition coefficient (Wildman–Crippen LogP) is 1.04. The van der Waals surface area contributed by atoms with Gasteiger partial charge in [0.05, 0.1) is 19.1 Å². The van der Waals surface area contributed by atoms with Crippen LogP contribution in [0.3, 0.4) is 0 Å². The smallest absolute Gasteiger partial charge is 0.254 e. The molecular weight excluding hydrogens is 643 g/mol. The van der Waals surface area contributed by atoms with Gasteiger partial charge < -0.3 is 9.80 Å². The van der Waals surface area contributed by atoms with Gasteiger partial charge in [-0.3, -0.25) is 39.8 Å². The third-order valence-corrected chi connectivity index (χ3v) is 11.8. The summed E-state index contributed by atoms with van der Waals surface area (Å²) < 4.78 is 0. The highest BCUT2D eigenvalue weighted by Gasteiger charge is 2.41. The van der Waals surface area contributed by atoms with E-state index in [0.29, 0.717) is 58.3 Å². The monoisotopic (exact) mass is 690 g/mol. The molecule has 12 nitrogen and oxygen atoms in total. The van der Waals surface area contributed by atoms with Crippen LogP contribution in [0.15, 0.2) is 18.2 Å². The van der Waals surface area contributed by atoms with Crippen molar-refractivity contribution in [2.75, 3.05) is 58.9 Å². The summed E-state index contributed by atoms with van der Waals surface area (Å²) >= 11 is 13.1. The van der Waals surface area contributed by atoms with Gasteiger partial charge in [0.2, 0.25) is 11.8 Å². The molecule has 4 atom stereocenters. The topological polar surface area (TPSA) is 121 Å². The quantitative estimate of drug-likeness (QED) is 0.347. The lowest BCUT2D eigenvalue weighted by Gasteiger charge is -2.45. The van der Waals surface area contributed by atoms with Crippen LogP contribution < -0.4 is 16.3 Å². The highest BCUT2D eigenvalue weighted by molar-refractivity contribution is 6.32.